The maximum atomic E-state index is 13.4. The number of amides is 1. The number of nitrogens with zero attached hydrogens (tertiary/aromatic N) is 1. The number of carbonyl (C=O) groups is 1. The van der Waals surface area contributed by atoms with Crippen molar-refractivity contribution in [2.24, 2.45) is 5.92 Å². The molecule has 0 spiro atoms. The highest BCUT2D eigenvalue weighted by Crippen LogP contribution is 2.36. The van der Waals surface area contributed by atoms with Crippen LogP contribution < -0.4 is 10.6 Å². The van der Waals surface area contributed by atoms with Gasteiger partial charge in [-0.15, -0.1) is 23.4 Å². The largest absolute Gasteiger partial charge is 0.388 e. The second-order valence-corrected chi connectivity index (χ2v) is 11.4. The number of rotatable bonds is 6. The molecule has 0 aliphatic carbocycles. The molecular weight excluding hydrogens is 506 g/mol. The van der Waals surface area contributed by atoms with Crippen LogP contribution in [0.1, 0.15) is 36.8 Å². The molecule has 1 aromatic rings. The quantitative estimate of drug-likeness (QED) is 0.330. The van der Waals surface area contributed by atoms with Crippen LogP contribution in [-0.4, -0.2) is 94.1 Å². The Morgan fingerprint density at radius 1 is 1.25 bits per heavy atom. The molecule has 0 radical (unpaired) electrons. The molecule has 3 aliphatic heterocycles. The third-order valence-electron chi connectivity index (χ3n) is 7.55. The predicted molar refractivity (Wildman–Crippen MR) is 136 cm³/mol. The maximum absolute atomic E-state index is 13.4. The van der Waals surface area contributed by atoms with Gasteiger partial charge in [-0.05, 0) is 49.6 Å². The number of thioether (sulfide) groups is 1. The summed E-state index contributed by atoms with van der Waals surface area (Å²) in [7, 11) is 0. The van der Waals surface area contributed by atoms with Crippen molar-refractivity contribution in [3.63, 3.8) is 0 Å². The number of hydrogen-bond donors (Lipinski definition) is 5. The van der Waals surface area contributed by atoms with E-state index in [0.29, 0.717) is 18.7 Å². The van der Waals surface area contributed by atoms with Crippen LogP contribution in [0.15, 0.2) is 24.3 Å². The first-order valence-electron chi connectivity index (χ1n) is 12.3. The Kier molecular flexibility index (Phi) is 9.18. The molecule has 198 valence electrons. The number of carbonyl (C=O) groups excluding carboxylic acids is 1. The molecular formula is C25H34ClN3O6S. The molecule has 4 rings (SSSR count). The molecule has 0 bridgehead atoms. The molecule has 1 amide bonds. The van der Waals surface area contributed by atoms with Crippen LogP contribution in [0.3, 0.4) is 0 Å². The van der Waals surface area contributed by atoms with Gasteiger partial charge >= 0.3 is 0 Å². The topological polar surface area (TPSA) is 144 Å². The van der Waals surface area contributed by atoms with Gasteiger partial charge in [-0.1, -0.05) is 12.1 Å². The van der Waals surface area contributed by atoms with E-state index in [9.17, 15) is 20.1 Å². The highest BCUT2D eigenvalue weighted by Gasteiger charge is 2.49. The van der Waals surface area contributed by atoms with Crippen molar-refractivity contribution in [3.8, 4) is 6.07 Å². The Bertz CT molecular complexity index is 945. The molecule has 3 heterocycles. The van der Waals surface area contributed by atoms with Crippen molar-refractivity contribution in [2.45, 2.75) is 79.1 Å². The smallest absolute Gasteiger partial charge is 0.240 e. The van der Waals surface area contributed by atoms with Crippen LogP contribution in [0, 0.1) is 17.2 Å². The van der Waals surface area contributed by atoms with Crippen molar-refractivity contribution in [2.75, 3.05) is 19.4 Å². The molecule has 5 N–H and O–H groups in total. The highest BCUT2D eigenvalue weighted by atomic mass is 35.5. The minimum atomic E-state index is -1.42. The first kappa shape index (κ1) is 27.6. The monoisotopic (exact) mass is 539 g/mol. The number of nitrogens with one attached hydrogen (secondary N) is 2. The summed E-state index contributed by atoms with van der Waals surface area (Å²) >= 11 is 7.62. The number of hydrogen-bond acceptors (Lipinski definition) is 9. The summed E-state index contributed by atoms with van der Waals surface area (Å²) in [5.74, 6) is 0.0909. The van der Waals surface area contributed by atoms with Gasteiger partial charge in [-0.2, -0.15) is 5.26 Å². The maximum Gasteiger partial charge on any atom is 0.240 e. The zero-order valence-corrected chi connectivity index (χ0v) is 21.9. The van der Waals surface area contributed by atoms with E-state index in [-0.39, 0.29) is 23.8 Å². The van der Waals surface area contributed by atoms with E-state index in [1.807, 2.05) is 24.3 Å². The molecule has 3 fully saturated rings. The Labute approximate surface area is 220 Å². The van der Waals surface area contributed by atoms with E-state index in [4.69, 9.17) is 26.3 Å². The van der Waals surface area contributed by atoms with Crippen LogP contribution in [0.25, 0.3) is 0 Å². The summed E-state index contributed by atoms with van der Waals surface area (Å²) in [6.07, 6.45) is -2.00. The highest BCUT2D eigenvalue weighted by molar-refractivity contribution is 7.99. The molecule has 11 atom stereocenters. The lowest BCUT2D eigenvalue weighted by Crippen LogP contribution is -2.65. The average Bonchev–Trinajstić information content (AvgIpc) is 3.16. The van der Waals surface area contributed by atoms with Crippen molar-refractivity contribution in [1.29, 1.82) is 5.26 Å². The van der Waals surface area contributed by atoms with Gasteiger partial charge in [0.1, 0.15) is 35.9 Å². The number of aliphatic hydroxyl groups excluding tert-OH is 3. The van der Waals surface area contributed by atoms with Gasteiger partial charge in [0.05, 0.1) is 29.2 Å². The summed E-state index contributed by atoms with van der Waals surface area (Å²) in [4.78, 5) is 13.4. The summed E-state index contributed by atoms with van der Waals surface area (Å²) < 4.78 is 12.0. The summed E-state index contributed by atoms with van der Waals surface area (Å²) in [6.45, 7) is 2.82. The van der Waals surface area contributed by atoms with E-state index in [0.717, 1.165) is 18.4 Å². The van der Waals surface area contributed by atoms with Crippen molar-refractivity contribution >= 4 is 29.3 Å². The Balaban J connectivity index is 1.43. The lowest BCUT2D eigenvalue weighted by molar-refractivity contribution is -0.205. The molecule has 3 unspecified atom stereocenters. The van der Waals surface area contributed by atoms with Gasteiger partial charge in [0.15, 0.2) is 0 Å². The zero-order valence-electron chi connectivity index (χ0n) is 20.3. The second-order valence-electron chi connectivity index (χ2n) is 9.82. The summed E-state index contributed by atoms with van der Waals surface area (Å²) in [6, 6.07) is 8.38. The molecule has 9 nitrogen and oxygen atoms in total. The van der Waals surface area contributed by atoms with Gasteiger partial charge in [-0.25, -0.2) is 0 Å². The number of nitriles is 1. The normalized spacial score (nSPS) is 38.3. The van der Waals surface area contributed by atoms with E-state index >= 15 is 0 Å². The average molecular weight is 540 g/mol. The number of aliphatic hydroxyl groups is 3. The molecule has 3 aliphatic rings. The molecule has 1 aromatic carbocycles. The number of fused-ring (bicyclic) bond motifs is 1. The first-order chi connectivity index (χ1) is 17.2. The predicted octanol–water partition coefficient (Wildman–Crippen LogP) is 0.692. The minimum absolute atomic E-state index is 0.130. The van der Waals surface area contributed by atoms with Gasteiger partial charge in [0.2, 0.25) is 5.91 Å². The van der Waals surface area contributed by atoms with E-state index in [1.165, 1.54) is 11.8 Å². The van der Waals surface area contributed by atoms with E-state index in [2.05, 4.69) is 16.7 Å². The lowest BCUT2D eigenvalue weighted by Gasteiger charge is -2.44. The molecule has 11 heteroatoms. The summed E-state index contributed by atoms with van der Waals surface area (Å²) in [5.41, 5.74) is 1.03. The zero-order chi connectivity index (χ0) is 26.0. The van der Waals surface area contributed by atoms with Gasteiger partial charge < -0.3 is 35.4 Å². The standard InChI is InChI=1S/C25H34ClN3O6S/c1-12(26)17(23-20(31)19(30)21(32)25(35-23)36-2)29-24(33)18-22-16(11-28-18)9-15(7-8-34-22)14-5-3-13(10-27)4-6-14/h3-6,12,15-23,25,28,30-32H,7-9,11H2,1-2H3,(H,29,33)/t12-,15-,16-,17+,18-,19?,20?,21+,22+,23+,25?/m0/s1. The second kappa shape index (κ2) is 12.0. The Morgan fingerprint density at radius 3 is 2.61 bits per heavy atom. The molecule has 36 heavy (non-hydrogen) atoms. The number of alkyl halides is 1. The van der Waals surface area contributed by atoms with Crippen molar-refractivity contribution in [3.05, 3.63) is 35.4 Å². The first-order valence-corrected chi connectivity index (χ1v) is 14.0. The van der Waals surface area contributed by atoms with Crippen LogP contribution in [0.5, 0.6) is 0 Å². The summed E-state index contributed by atoms with van der Waals surface area (Å²) in [5, 5.41) is 45.8. The number of halogens is 1. The third kappa shape index (κ3) is 5.69. The number of ether oxygens (including phenoxy) is 2. The fourth-order valence-corrected chi connectivity index (χ4v) is 6.40. The Morgan fingerprint density at radius 2 is 1.97 bits per heavy atom. The fourth-order valence-electron chi connectivity index (χ4n) is 5.51. The van der Waals surface area contributed by atoms with Gasteiger partial charge in [0.25, 0.3) is 0 Å². The van der Waals surface area contributed by atoms with Crippen LogP contribution in [0.4, 0.5) is 0 Å². The minimum Gasteiger partial charge on any atom is -0.388 e. The van der Waals surface area contributed by atoms with Gasteiger partial charge in [-0.3, -0.25) is 4.79 Å². The van der Waals surface area contributed by atoms with Crippen LogP contribution in [0.2, 0.25) is 0 Å². The van der Waals surface area contributed by atoms with E-state index < -0.39 is 47.3 Å². The Hall–Kier alpha value is -1.42. The van der Waals surface area contributed by atoms with Crippen LogP contribution >= 0.6 is 23.4 Å². The molecule has 0 aromatic heterocycles. The SMILES string of the molecule is CSC1O[C@H]([C@H](NC(=O)[C@H]2NC[C@@H]3C[C@@H](c4ccc(C#N)cc4)CCO[C@H]32)[C@H](C)Cl)C(O)C(O)[C@H]1O. The third-order valence-corrected chi connectivity index (χ3v) is 8.67. The van der Waals surface area contributed by atoms with E-state index in [1.54, 1.807) is 13.2 Å². The fraction of sp³-hybridized carbons (Fsp3) is 0.680. The van der Waals surface area contributed by atoms with Crippen LogP contribution in [-0.2, 0) is 14.3 Å². The molecule has 0 saturated carbocycles. The van der Waals surface area contributed by atoms with Gasteiger partial charge in [0, 0.05) is 19.1 Å². The van der Waals surface area contributed by atoms with Crippen molar-refractivity contribution in [1.82, 2.24) is 10.6 Å². The van der Waals surface area contributed by atoms with Crippen molar-refractivity contribution < 1.29 is 29.6 Å². The lowest BCUT2D eigenvalue weighted by atomic mass is 9.85. The number of benzene rings is 1. The molecule has 3 saturated heterocycles.